The number of rotatable bonds is 7. The van der Waals surface area contributed by atoms with Gasteiger partial charge in [-0.05, 0) is 80.3 Å². The molecule has 3 aromatic carbocycles. The lowest BCUT2D eigenvalue weighted by atomic mass is 10.00. The number of aromatic hydroxyl groups is 1. The number of hydrogen-bond donors (Lipinski definition) is 3. The van der Waals surface area contributed by atoms with Crippen LogP contribution in [0.2, 0.25) is 5.02 Å². The van der Waals surface area contributed by atoms with Crippen LogP contribution in [0, 0.1) is 0 Å². The third-order valence-electron chi connectivity index (χ3n) is 5.80. The van der Waals surface area contributed by atoms with Crippen LogP contribution in [0.4, 0.5) is 17.1 Å². The number of carbonyl (C=O) groups excluding carboxylic acids is 2. The second-order valence-electron chi connectivity index (χ2n) is 8.62. The lowest BCUT2D eigenvalue weighted by Gasteiger charge is -2.20. The molecule has 0 atom stereocenters. The number of anilines is 3. The van der Waals surface area contributed by atoms with Crippen LogP contribution < -0.4 is 15.5 Å². The summed E-state index contributed by atoms with van der Waals surface area (Å²) < 4.78 is 0. The number of benzene rings is 3. The van der Waals surface area contributed by atoms with Gasteiger partial charge in [0.25, 0.3) is 5.91 Å². The van der Waals surface area contributed by atoms with E-state index >= 15 is 0 Å². The van der Waals surface area contributed by atoms with Crippen molar-refractivity contribution in [3.8, 4) is 5.75 Å². The molecule has 3 aromatic rings. The van der Waals surface area contributed by atoms with Crippen LogP contribution in [0.25, 0.3) is 11.3 Å². The molecule has 1 aliphatic heterocycles. The molecule has 0 saturated heterocycles. The van der Waals surface area contributed by atoms with Gasteiger partial charge in [-0.3, -0.25) is 9.59 Å². The van der Waals surface area contributed by atoms with Crippen molar-refractivity contribution < 1.29 is 14.7 Å². The maximum atomic E-state index is 13.0. The molecule has 1 heterocycles. The summed E-state index contributed by atoms with van der Waals surface area (Å²) in [5.74, 6) is -0.0858. The third kappa shape index (κ3) is 5.48. The Labute approximate surface area is 209 Å². The summed E-state index contributed by atoms with van der Waals surface area (Å²) in [5, 5.41) is 16.5. The zero-order valence-corrected chi connectivity index (χ0v) is 20.6. The number of amides is 2. The lowest BCUT2D eigenvalue weighted by Crippen LogP contribution is -2.29. The van der Waals surface area contributed by atoms with Gasteiger partial charge in [0, 0.05) is 42.0 Å². The molecule has 0 unspecified atom stereocenters. The predicted molar refractivity (Wildman–Crippen MR) is 142 cm³/mol. The summed E-state index contributed by atoms with van der Waals surface area (Å²) >= 11 is 6.12. The summed E-state index contributed by atoms with van der Waals surface area (Å²) in [5.41, 5.74) is 4.69. The van der Waals surface area contributed by atoms with Crippen molar-refractivity contribution >= 4 is 51.7 Å². The fourth-order valence-electron chi connectivity index (χ4n) is 3.84. The number of phenols is 1. The molecule has 0 spiro atoms. The molecule has 0 saturated carbocycles. The Kier molecular flexibility index (Phi) is 7.10. The summed E-state index contributed by atoms with van der Waals surface area (Å²) in [6.07, 6.45) is 0.430. The lowest BCUT2D eigenvalue weighted by molar-refractivity contribution is -0.118. The Morgan fingerprint density at radius 3 is 2.34 bits per heavy atom. The van der Waals surface area contributed by atoms with Crippen LogP contribution in [-0.4, -0.2) is 49.5 Å². The van der Waals surface area contributed by atoms with Gasteiger partial charge >= 0.3 is 0 Å². The van der Waals surface area contributed by atoms with Gasteiger partial charge in [-0.1, -0.05) is 17.7 Å². The molecule has 4 rings (SSSR count). The van der Waals surface area contributed by atoms with Gasteiger partial charge in [0.15, 0.2) is 0 Å². The average molecular weight is 491 g/mol. The number of halogens is 1. The molecule has 3 N–H and O–H groups in total. The Bertz CT molecular complexity index is 1280. The molecule has 0 radical (unpaired) electrons. The van der Waals surface area contributed by atoms with E-state index < -0.39 is 0 Å². The van der Waals surface area contributed by atoms with Gasteiger partial charge in [0.1, 0.15) is 5.75 Å². The number of nitrogens with one attached hydrogen (secondary N) is 2. The standard InChI is InChI=1S/C27H27ClN4O3/c1-31(2)15-14-24(34)32(3)20-9-7-19(8-10-20)29-26(17-4-11-21(33)12-5-17)25-22-13-6-18(28)16-23(22)30-27(25)35/h4-13,16,29,33H,14-15H2,1-3H3,(H,30,35)/b26-25-. The first-order chi connectivity index (χ1) is 16.7. The summed E-state index contributed by atoms with van der Waals surface area (Å²) in [6, 6.07) is 19.4. The largest absolute Gasteiger partial charge is 0.508 e. The summed E-state index contributed by atoms with van der Waals surface area (Å²) in [4.78, 5) is 29.1. The number of fused-ring (bicyclic) bond motifs is 1. The Balaban J connectivity index is 1.67. The molecule has 0 aromatic heterocycles. The second-order valence-corrected chi connectivity index (χ2v) is 9.06. The van der Waals surface area contributed by atoms with Crippen LogP contribution in [0.15, 0.2) is 66.7 Å². The molecule has 0 aliphatic carbocycles. The minimum absolute atomic E-state index is 0.0317. The highest BCUT2D eigenvalue weighted by molar-refractivity contribution is 6.38. The topological polar surface area (TPSA) is 84.9 Å². The van der Waals surface area contributed by atoms with Crippen molar-refractivity contribution in [2.45, 2.75) is 6.42 Å². The zero-order chi connectivity index (χ0) is 25.1. The summed E-state index contributed by atoms with van der Waals surface area (Å²) in [7, 11) is 5.63. The van der Waals surface area contributed by atoms with E-state index in [4.69, 9.17) is 11.6 Å². The monoisotopic (exact) mass is 490 g/mol. The maximum absolute atomic E-state index is 13.0. The van der Waals surface area contributed by atoms with Gasteiger partial charge in [-0.25, -0.2) is 0 Å². The molecule has 1 aliphatic rings. The first kappa shape index (κ1) is 24.3. The molecule has 2 amide bonds. The number of nitrogens with zero attached hydrogens (tertiary/aromatic N) is 2. The third-order valence-corrected chi connectivity index (χ3v) is 6.04. The molecule has 7 nitrogen and oxygen atoms in total. The highest BCUT2D eigenvalue weighted by Gasteiger charge is 2.28. The Hall–Kier alpha value is -3.81. The molecular weight excluding hydrogens is 464 g/mol. The van der Waals surface area contributed by atoms with E-state index in [1.54, 1.807) is 48.3 Å². The fourth-order valence-corrected chi connectivity index (χ4v) is 4.02. The normalized spacial score (nSPS) is 13.9. The number of phenolic OH excluding ortho intramolecular Hbond substituents is 1. The van der Waals surface area contributed by atoms with Crippen LogP contribution in [-0.2, 0) is 9.59 Å². The Morgan fingerprint density at radius 1 is 1.00 bits per heavy atom. The van der Waals surface area contributed by atoms with Crippen molar-refractivity contribution in [1.29, 1.82) is 0 Å². The molecule has 180 valence electrons. The van der Waals surface area contributed by atoms with Crippen molar-refractivity contribution in [3.05, 3.63) is 82.9 Å². The summed E-state index contributed by atoms with van der Waals surface area (Å²) in [6.45, 7) is 0.682. The van der Waals surface area contributed by atoms with E-state index in [0.717, 1.165) is 22.5 Å². The SMILES string of the molecule is CN(C)CCC(=O)N(C)c1ccc(N/C(=C2\C(=O)Nc3cc(Cl)ccc32)c2ccc(O)cc2)cc1. The van der Waals surface area contributed by atoms with E-state index in [0.29, 0.717) is 34.9 Å². The Morgan fingerprint density at radius 2 is 1.69 bits per heavy atom. The zero-order valence-electron chi connectivity index (χ0n) is 19.8. The highest BCUT2D eigenvalue weighted by atomic mass is 35.5. The minimum Gasteiger partial charge on any atom is -0.508 e. The van der Waals surface area contributed by atoms with Crippen molar-refractivity contribution in [1.82, 2.24) is 4.90 Å². The predicted octanol–water partition coefficient (Wildman–Crippen LogP) is 4.89. The van der Waals surface area contributed by atoms with Crippen molar-refractivity contribution in [3.63, 3.8) is 0 Å². The average Bonchev–Trinajstić information content (AvgIpc) is 3.16. The first-order valence-corrected chi connectivity index (χ1v) is 11.5. The molecule has 0 bridgehead atoms. The second kappa shape index (κ2) is 10.2. The van der Waals surface area contributed by atoms with Crippen molar-refractivity contribution in [2.75, 3.05) is 43.2 Å². The van der Waals surface area contributed by atoms with Gasteiger partial charge in [-0.15, -0.1) is 0 Å². The maximum Gasteiger partial charge on any atom is 0.258 e. The fraction of sp³-hybridized carbons (Fsp3) is 0.185. The number of carbonyl (C=O) groups is 2. The van der Waals surface area contributed by atoms with E-state index in [9.17, 15) is 14.7 Å². The van der Waals surface area contributed by atoms with E-state index in [2.05, 4.69) is 10.6 Å². The number of hydrogen-bond acceptors (Lipinski definition) is 5. The quantitative estimate of drug-likeness (QED) is 0.410. The van der Waals surface area contributed by atoms with E-state index in [-0.39, 0.29) is 17.6 Å². The minimum atomic E-state index is -0.249. The van der Waals surface area contributed by atoms with Crippen LogP contribution in [0.5, 0.6) is 5.75 Å². The van der Waals surface area contributed by atoms with Crippen LogP contribution in [0.1, 0.15) is 17.5 Å². The highest BCUT2D eigenvalue weighted by Crippen LogP contribution is 2.39. The van der Waals surface area contributed by atoms with E-state index in [1.807, 2.05) is 49.3 Å². The van der Waals surface area contributed by atoms with Gasteiger partial charge < -0.3 is 25.5 Å². The molecular formula is C27H27ClN4O3. The van der Waals surface area contributed by atoms with Crippen LogP contribution in [0.3, 0.4) is 0 Å². The van der Waals surface area contributed by atoms with Gasteiger partial charge in [-0.2, -0.15) is 0 Å². The van der Waals surface area contributed by atoms with Crippen LogP contribution >= 0.6 is 11.6 Å². The molecule has 0 fully saturated rings. The van der Waals surface area contributed by atoms with E-state index in [1.165, 1.54) is 0 Å². The van der Waals surface area contributed by atoms with Gasteiger partial charge in [0.05, 0.1) is 17.0 Å². The molecule has 8 heteroatoms. The first-order valence-electron chi connectivity index (χ1n) is 11.2. The smallest absolute Gasteiger partial charge is 0.258 e. The molecule has 35 heavy (non-hydrogen) atoms. The van der Waals surface area contributed by atoms with Gasteiger partial charge in [0.2, 0.25) is 5.91 Å². The van der Waals surface area contributed by atoms with Crippen molar-refractivity contribution in [2.24, 2.45) is 0 Å².